The van der Waals surface area contributed by atoms with E-state index < -0.39 is 0 Å². The van der Waals surface area contributed by atoms with Gasteiger partial charge in [0, 0.05) is 26.3 Å². The summed E-state index contributed by atoms with van der Waals surface area (Å²) in [5.74, 6) is 0. The number of nitrogens with one attached hydrogen (secondary N) is 1. The molecule has 0 aliphatic rings. The van der Waals surface area contributed by atoms with Crippen molar-refractivity contribution in [3.8, 4) is 0 Å². The highest BCUT2D eigenvalue weighted by molar-refractivity contribution is 4.97. The van der Waals surface area contributed by atoms with Crippen LogP contribution in [0.4, 0.5) is 0 Å². The van der Waals surface area contributed by atoms with E-state index in [0.717, 1.165) is 18.7 Å². The van der Waals surface area contributed by atoms with Crippen molar-refractivity contribution in [1.82, 2.24) is 15.1 Å². The van der Waals surface area contributed by atoms with Crippen molar-refractivity contribution in [1.29, 1.82) is 0 Å². The Bertz CT molecular complexity index is 247. The summed E-state index contributed by atoms with van der Waals surface area (Å²) in [5, 5.41) is 16.6. The van der Waals surface area contributed by atoms with E-state index in [2.05, 4.69) is 10.4 Å². The Morgan fingerprint density at radius 3 is 3.00 bits per heavy atom. The van der Waals surface area contributed by atoms with E-state index in [1.807, 2.05) is 26.2 Å². The molecule has 1 aromatic heterocycles. The molecule has 0 fully saturated rings. The fraction of sp³-hybridized carbons (Fsp3) is 0.667. The van der Waals surface area contributed by atoms with Crippen molar-refractivity contribution in [2.75, 3.05) is 6.54 Å². The van der Waals surface area contributed by atoms with E-state index in [9.17, 15) is 5.11 Å². The van der Waals surface area contributed by atoms with Crippen molar-refractivity contribution in [2.45, 2.75) is 26.0 Å². The molecule has 1 rings (SSSR count). The summed E-state index contributed by atoms with van der Waals surface area (Å²) in [7, 11) is 1.89. The molecule has 0 spiro atoms. The lowest BCUT2D eigenvalue weighted by molar-refractivity contribution is 0.167. The zero-order valence-corrected chi connectivity index (χ0v) is 8.20. The van der Waals surface area contributed by atoms with Gasteiger partial charge in [-0.3, -0.25) is 4.68 Å². The summed E-state index contributed by atoms with van der Waals surface area (Å²) < 4.78 is 1.77. The van der Waals surface area contributed by atoms with Gasteiger partial charge in [-0.1, -0.05) is 6.92 Å². The van der Waals surface area contributed by atoms with Crippen LogP contribution in [0.3, 0.4) is 0 Å². The Labute approximate surface area is 78.6 Å². The zero-order valence-electron chi connectivity index (χ0n) is 8.20. The summed E-state index contributed by atoms with van der Waals surface area (Å²) in [6.45, 7) is 3.32. The topological polar surface area (TPSA) is 50.1 Å². The standard InChI is InChI=1S/C9H17N3O/c1-3-9(13)7-10-6-8-4-5-12(2)11-8/h4-5,9-10,13H,3,6-7H2,1-2H3. The molecular formula is C9H17N3O. The molecule has 4 heteroatoms. The molecule has 1 heterocycles. The molecule has 0 bridgehead atoms. The highest BCUT2D eigenvalue weighted by Crippen LogP contribution is 1.93. The number of aliphatic hydroxyl groups is 1. The molecule has 0 aromatic carbocycles. The third-order valence-corrected chi connectivity index (χ3v) is 1.93. The lowest BCUT2D eigenvalue weighted by atomic mass is 10.3. The van der Waals surface area contributed by atoms with Crippen molar-refractivity contribution in [2.24, 2.45) is 7.05 Å². The van der Waals surface area contributed by atoms with Gasteiger partial charge in [0.15, 0.2) is 0 Å². The molecule has 4 nitrogen and oxygen atoms in total. The number of aliphatic hydroxyl groups excluding tert-OH is 1. The van der Waals surface area contributed by atoms with Crippen molar-refractivity contribution in [3.05, 3.63) is 18.0 Å². The second-order valence-electron chi connectivity index (χ2n) is 3.17. The molecule has 2 N–H and O–H groups in total. The summed E-state index contributed by atoms with van der Waals surface area (Å²) in [4.78, 5) is 0. The van der Waals surface area contributed by atoms with Crippen LogP contribution < -0.4 is 5.32 Å². The number of hydrogen-bond acceptors (Lipinski definition) is 3. The van der Waals surface area contributed by atoms with E-state index in [4.69, 9.17) is 0 Å². The molecule has 1 unspecified atom stereocenters. The first-order valence-electron chi connectivity index (χ1n) is 4.59. The molecule has 0 aliphatic carbocycles. The van der Waals surface area contributed by atoms with Crippen LogP contribution in [0, 0.1) is 0 Å². The monoisotopic (exact) mass is 183 g/mol. The number of hydrogen-bond donors (Lipinski definition) is 2. The fourth-order valence-electron chi connectivity index (χ4n) is 1.07. The molecule has 1 atom stereocenters. The Kier molecular flexibility index (Phi) is 3.92. The Hall–Kier alpha value is -0.870. The molecule has 0 radical (unpaired) electrons. The molecule has 0 aliphatic heterocycles. The summed E-state index contributed by atoms with van der Waals surface area (Å²) in [6, 6.07) is 1.96. The summed E-state index contributed by atoms with van der Waals surface area (Å²) in [6.07, 6.45) is 2.45. The van der Waals surface area contributed by atoms with Crippen LogP contribution in [0.2, 0.25) is 0 Å². The smallest absolute Gasteiger partial charge is 0.0762 e. The van der Waals surface area contributed by atoms with Crippen LogP contribution in [0.25, 0.3) is 0 Å². The van der Waals surface area contributed by atoms with Gasteiger partial charge in [-0.2, -0.15) is 5.10 Å². The molecular weight excluding hydrogens is 166 g/mol. The molecule has 0 saturated carbocycles. The zero-order chi connectivity index (χ0) is 9.68. The lowest BCUT2D eigenvalue weighted by Gasteiger charge is -2.07. The molecule has 0 saturated heterocycles. The maximum Gasteiger partial charge on any atom is 0.0762 e. The van der Waals surface area contributed by atoms with Crippen molar-refractivity contribution < 1.29 is 5.11 Å². The molecule has 74 valence electrons. The Morgan fingerprint density at radius 1 is 1.69 bits per heavy atom. The number of aryl methyl sites for hydroxylation is 1. The number of aromatic nitrogens is 2. The second kappa shape index (κ2) is 4.99. The summed E-state index contributed by atoms with van der Waals surface area (Å²) >= 11 is 0. The van der Waals surface area contributed by atoms with Gasteiger partial charge in [0.05, 0.1) is 11.8 Å². The van der Waals surface area contributed by atoms with Crippen LogP contribution in [-0.2, 0) is 13.6 Å². The molecule has 13 heavy (non-hydrogen) atoms. The van der Waals surface area contributed by atoms with Crippen LogP contribution in [0.15, 0.2) is 12.3 Å². The van der Waals surface area contributed by atoms with Crippen LogP contribution in [0.1, 0.15) is 19.0 Å². The van der Waals surface area contributed by atoms with Crippen LogP contribution >= 0.6 is 0 Å². The minimum atomic E-state index is -0.247. The SMILES string of the molecule is CCC(O)CNCc1ccn(C)n1. The predicted octanol–water partition coefficient (Wildman–Crippen LogP) is 0.281. The van der Waals surface area contributed by atoms with Crippen molar-refractivity contribution in [3.63, 3.8) is 0 Å². The number of nitrogens with zero attached hydrogens (tertiary/aromatic N) is 2. The van der Waals surface area contributed by atoms with Crippen LogP contribution in [-0.4, -0.2) is 27.5 Å². The first kappa shape index (κ1) is 10.2. The first-order valence-corrected chi connectivity index (χ1v) is 4.59. The van der Waals surface area contributed by atoms with Crippen LogP contribution in [0.5, 0.6) is 0 Å². The molecule has 0 amide bonds. The number of rotatable bonds is 5. The van der Waals surface area contributed by atoms with Gasteiger partial charge in [-0.25, -0.2) is 0 Å². The molecule has 1 aromatic rings. The van der Waals surface area contributed by atoms with Gasteiger partial charge in [0.25, 0.3) is 0 Å². The third kappa shape index (κ3) is 3.57. The van der Waals surface area contributed by atoms with Gasteiger partial charge in [-0.05, 0) is 12.5 Å². The van der Waals surface area contributed by atoms with E-state index in [-0.39, 0.29) is 6.10 Å². The van der Waals surface area contributed by atoms with Crippen molar-refractivity contribution >= 4 is 0 Å². The average molecular weight is 183 g/mol. The van der Waals surface area contributed by atoms with E-state index in [1.54, 1.807) is 4.68 Å². The Balaban J connectivity index is 2.20. The maximum absolute atomic E-state index is 9.25. The summed E-state index contributed by atoms with van der Waals surface area (Å²) in [5.41, 5.74) is 1.01. The normalized spacial score (nSPS) is 13.2. The highest BCUT2D eigenvalue weighted by Gasteiger charge is 2.00. The minimum Gasteiger partial charge on any atom is -0.392 e. The van der Waals surface area contributed by atoms with E-state index in [1.165, 1.54) is 0 Å². The van der Waals surface area contributed by atoms with E-state index in [0.29, 0.717) is 6.54 Å². The van der Waals surface area contributed by atoms with Gasteiger partial charge in [-0.15, -0.1) is 0 Å². The predicted molar refractivity (Wildman–Crippen MR) is 51.2 cm³/mol. The first-order chi connectivity index (χ1) is 6.22. The van der Waals surface area contributed by atoms with Gasteiger partial charge in [0.1, 0.15) is 0 Å². The second-order valence-corrected chi connectivity index (χ2v) is 3.17. The maximum atomic E-state index is 9.25. The quantitative estimate of drug-likeness (QED) is 0.689. The third-order valence-electron chi connectivity index (χ3n) is 1.93. The highest BCUT2D eigenvalue weighted by atomic mass is 16.3. The van der Waals surface area contributed by atoms with Gasteiger partial charge in [0.2, 0.25) is 0 Å². The minimum absolute atomic E-state index is 0.247. The Morgan fingerprint density at radius 2 is 2.46 bits per heavy atom. The van der Waals surface area contributed by atoms with E-state index >= 15 is 0 Å². The largest absolute Gasteiger partial charge is 0.392 e. The van der Waals surface area contributed by atoms with Gasteiger partial charge >= 0.3 is 0 Å². The lowest BCUT2D eigenvalue weighted by Crippen LogP contribution is -2.25. The average Bonchev–Trinajstić information content (AvgIpc) is 2.51. The van der Waals surface area contributed by atoms with Gasteiger partial charge < -0.3 is 10.4 Å². The fourth-order valence-corrected chi connectivity index (χ4v) is 1.07.